The average molecular weight is 644 g/mol. The van der Waals surface area contributed by atoms with E-state index in [0.717, 1.165) is 115 Å². The zero-order chi connectivity index (χ0) is 33.0. The van der Waals surface area contributed by atoms with Gasteiger partial charge in [-0.1, -0.05) is 12.1 Å². The molecule has 2 saturated heterocycles. The third-order valence-electron chi connectivity index (χ3n) is 9.34. The Bertz CT molecular complexity index is 1950. The van der Waals surface area contributed by atoms with E-state index < -0.39 is 0 Å². The highest BCUT2D eigenvalue weighted by molar-refractivity contribution is 5.43. The molecule has 11 nitrogen and oxygen atoms in total. The zero-order valence-electron chi connectivity index (χ0n) is 28.6. The normalized spacial score (nSPS) is 14.7. The van der Waals surface area contributed by atoms with Crippen LogP contribution in [0.5, 0.6) is 0 Å². The molecule has 0 bridgehead atoms. The van der Waals surface area contributed by atoms with Crippen LogP contribution in [0.25, 0.3) is 11.4 Å². The van der Waals surface area contributed by atoms with Crippen molar-refractivity contribution in [3.05, 3.63) is 100 Å². The fraction of sp³-hybridized carbons (Fsp3) is 0.432. The van der Waals surface area contributed by atoms with Crippen LogP contribution in [0.2, 0.25) is 0 Å². The number of imidazole rings is 1. The van der Waals surface area contributed by atoms with Crippen molar-refractivity contribution in [3.63, 3.8) is 0 Å². The van der Waals surface area contributed by atoms with E-state index in [2.05, 4.69) is 85.3 Å². The molecular weight excluding hydrogens is 598 g/mol. The molecule has 0 saturated carbocycles. The second kappa shape index (κ2) is 14.0. The summed E-state index contributed by atoms with van der Waals surface area (Å²) in [5, 5.41) is 9.30. The van der Waals surface area contributed by atoms with Crippen molar-refractivity contribution in [2.45, 2.75) is 79.1 Å². The van der Waals surface area contributed by atoms with Crippen LogP contribution in [-0.2, 0) is 25.7 Å². The Morgan fingerprint density at radius 1 is 0.562 bits per heavy atom. The summed E-state index contributed by atoms with van der Waals surface area (Å²) in [4.78, 5) is 27.9. The van der Waals surface area contributed by atoms with Gasteiger partial charge in [0.25, 0.3) is 5.78 Å². The van der Waals surface area contributed by atoms with Crippen LogP contribution < -0.4 is 9.80 Å². The van der Waals surface area contributed by atoms with Gasteiger partial charge in [-0.2, -0.15) is 10.1 Å². The van der Waals surface area contributed by atoms with Crippen LogP contribution in [0.1, 0.15) is 71.4 Å². The van der Waals surface area contributed by atoms with Gasteiger partial charge in [-0.3, -0.25) is 0 Å². The summed E-state index contributed by atoms with van der Waals surface area (Å²) in [5.74, 6) is 3.72. The van der Waals surface area contributed by atoms with Crippen LogP contribution in [0.3, 0.4) is 0 Å². The largest absolute Gasteiger partial charge is 0.357 e. The Morgan fingerprint density at radius 2 is 1.17 bits per heavy atom. The Morgan fingerprint density at radius 3 is 1.81 bits per heavy atom. The Hall–Kier alpha value is -4.93. The number of aryl methyl sites for hydroxylation is 8. The Kier molecular flexibility index (Phi) is 9.27. The van der Waals surface area contributed by atoms with Gasteiger partial charge in [0, 0.05) is 55.4 Å². The molecular formula is C37H45N11. The van der Waals surface area contributed by atoms with Crippen LogP contribution in [0.4, 0.5) is 11.6 Å². The Balaban J connectivity index is 0.000000152. The SMILES string of the molecule is Cc1cc(C)n2nc(CCc3cccc(N4CCCC4)n3)nc2n1.Cc1nc2ccc(CCc3cccc(N4CCCC4)n3)nn2c1C. The zero-order valence-corrected chi connectivity index (χ0v) is 28.6. The summed E-state index contributed by atoms with van der Waals surface area (Å²) in [6.45, 7) is 12.6. The molecule has 2 aliphatic heterocycles. The van der Waals surface area contributed by atoms with Crippen molar-refractivity contribution in [1.29, 1.82) is 0 Å². The van der Waals surface area contributed by atoms with E-state index in [-0.39, 0.29) is 0 Å². The maximum atomic E-state index is 4.83. The topological polar surface area (TPSA) is 106 Å². The van der Waals surface area contributed by atoms with E-state index in [1.54, 1.807) is 0 Å². The van der Waals surface area contributed by atoms with Crippen LogP contribution in [0.15, 0.2) is 54.6 Å². The summed E-state index contributed by atoms with van der Waals surface area (Å²) in [6.07, 6.45) is 8.51. The summed E-state index contributed by atoms with van der Waals surface area (Å²) in [5.41, 5.74) is 8.42. The Labute approximate surface area is 282 Å². The van der Waals surface area contributed by atoms with Gasteiger partial charge in [0.05, 0.1) is 17.1 Å². The number of hydrogen-bond acceptors (Lipinski definition) is 9. The van der Waals surface area contributed by atoms with Crippen molar-refractivity contribution >= 4 is 23.1 Å². The van der Waals surface area contributed by atoms with Crippen LogP contribution in [-0.4, -0.2) is 70.3 Å². The third-order valence-corrected chi connectivity index (χ3v) is 9.34. The van der Waals surface area contributed by atoms with E-state index in [1.165, 1.54) is 25.7 Å². The molecule has 0 spiro atoms. The van der Waals surface area contributed by atoms with Gasteiger partial charge < -0.3 is 9.80 Å². The van der Waals surface area contributed by atoms with Gasteiger partial charge in [-0.15, -0.1) is 5.10 Å². The van der Waals surface area contributed by atoms with Crippen molar-refractivity contribution in [2.24, 2.45) is 0 Å². The van der Waals surface area contributed by atoms with Crippen molar-refractivity contribution in [3.8, 4) is 0 Å². The number of anilines is 2. The molecule has 0 aliphatic carbocycles. The molecule has 0 aromatic carbocycles. The van der Waals surface area contributed by atoms with Gasteiger partial charge in [0.1, 0.15) is 11.6 Å². The van der Waals surface area contributed by atoms with Gasteiger partial charge in [0.15, 0.2) is 11.5 Å². The first kappa shape index (κ1) is 31.7. The second-order valence-electron chi connectivity index (χ2n) is 13.0. The molecule has 0 unspecified atom stereocenters. The second-order valence-corrected chi connectivity index (χ2v) is 13.0. The van der Waals surface area contributed by atoms with Gasteiger partial charge in [-0.05, 0) is 115 Å². The summed E-state index contributed by atoms with van der Waals surface area (Å²) in [6, 6.07) is 18.8. The van der Waals surface area contributed by atoms with Crippen LogP contribution >= 0.6 is 0 Å². The number of hydrogen-bond donors (Lipinski definition) is 0. The first-order valence-electron chi connectivity index (χ1n) is 17.3. The molecule has 0 amide bonds. The first-order valence-corrected chi connectivity index (χ1v) is 17.3. The highest BCUT2D eigenvalue weighted by Crippen LogP contribution is 2.20. The quantitative estimate of drug-likeness (QED) is 0.208. The molecule has 248 valence electrons. The van der Waals surface area contributed by atoms with Gasteiger partial charge in [-0.25, -0.2) is 29.0 Å². The van der Waals surface area contributed by atoms with Crippen molar-refractivity contribution in [2.75, 3.05) is 36.0 Å². The number of rotatable bonds is 8. The highest BCUT2D eigenvalue weighted by Gasteiger charge is 2.15. The fourth-order valence-electron chi connectivity index (χ4n) is 6.59. The maximum absolute atomic E-state index is 4.83. The summed E-state index contributed by atoms with van der Waals surface area (Å²) in [7, 11) is 0. The lowest BCUT2D eigenvalue weighted by atomic mass is 10.1. The lowest BCUT2D eigenvalue weighted by Gasteiger charge is -2.16. The van der Waals surface area contributed by atoms with E-state index >= 15 is 0 Å². The molecule has 0 atom stereocenters. The standard InChI is InChI=1S/C19H23N5.C18H22N6/c1-14-15(2)24-19(20-14)11-10-17(22-24)9-8-16-6-5-7-18(21-16)23-12-3-4-13-23;1-13-12-14(2)24-18(19-13)21-16(22-24)9-8-15-6-5-7-17(20-15)23-10-3-4-11-23/h5-7,10-11H,3-4,8-9,12-13H2,1-2H3;5-7,12H,3-4,8-11H2,1-2H3. The molecule has 6 aromatic rings. The van der Waals surface area contributed by atoms with Crippen LogP contribution in [0, 0.1) is 27.7 Å². The monoisotopic (exact) mass is 643 g/mol. The summed E-state index contributed by atoms with van der Waals surface area (Å²) >= 11 is 0. The number of aromatic nitrogens is 9. The molecule has 2 aliphatic rings. The third kappa shape index (κ3) is 7.14. The maximum Gasteiger partial charge on any atom is 0.252 e. The predicted octanol–water partition coefficient (Wildman–Crippen LogP) is 5.65. The van der Waals surface area contributed by atoms with Gasteiger partial charge in [0.2, 0.25) is 0 Å². The molecule has 8 rings (SSSR count). The molecule has 8 heterocycles. The average Bonchev–Trinajstić information content (AvgIpc) is 3.93. The van der Waals surface area contributed by atoms with E-state index in [9.17, 15) is 0 Å². The first-order chi connectivity index (χ1) is 23.4. The van der Waals surface area contributed by atoms with Crippen molar-refractivity contribution < 1.29 is 0 Å². The minimum atomic E-state index is 0.682. The number of fused-ring (bicyclic) bond motifs is 2. The highest BCUT2D eigenvalue weighted by atomic mass is 15.3. The molecule has 0 N–H and O–H groups in total. The smallest absolute Gasteiger partial charge is 0.252 e. The molecule has 11 heteroatoms. The van der Waals surface area contributed by atoms with Gasteiger partial charge >= 0.3 is 0 Å². The molecule has 48 heavy (non-hydrogen) atoms. The minimum absolute atomic E-state index is 0.682. The van der Waals surface area contributed by atoms with Crippen molar-refractivity contribution in [1.82, 2.24) is 44.1 Å². The molecule has 2 fully saturated rings. The predicted molar refractivity (Wildman–Crippen MR) is 189 cm³/mol. The van der Waals surface area contributed by atoms with E-state index in [1.807, 2.05) is 35.9 Å². The fourth-order valence-corrected chi connectivity index (χ4v) is 6.59. The summed E-state index contributed by atoms with van der Waals surface area (Å²) < 4.78 is 3.76. The lowest BCUT2D eigenvalue weighted by molar-refractivity contribution is 0.795. The van der Waals surface area contributed by atoms with E-state index in [4.69, 9.17) is 15.1 Å². The molecule has 6 aromatic heterocycles. The van der Waals surface area contributed by atoms with E-state index in [0.29, 0.717) is 5.78 Å². The molecule has 0 radical (unpaired) electrons. The number of nitrogens with zero attached hydrogens (tertiary/aromatic N) is 11. The minimum Gasteiger partial charge on any atom is -0.357 e. The lowest BCUT2D eigenvalue weighted by Crippen LogP contribution is -2.19. The number of pyridine rings is 2.